The summed E-state index contributed by atoms with van der Waals surface area (Å²) in [5, 5.41) is 0. The van der Waals surface area contributed by atoms with E-state index in [0.717, 1.165) is 22.4 Å². The van der Waals surface area contributed by atoms with Gasteiger partial charge in [-0.1, -0.05) is 35.9 Å². The van der Waals surface area contributed by atoms with Crippen molar-refractivity contribution in [2.75, 3.05) is 11.4 Å². The molecule has 1 aliphatic rings. The molecule has 1 aliphatic heterocycles. The van der Waals surface area contributed by atoms with E-state index in [1.165, 1.54) is 0 Å². The summed E-state index contributed by atoms with van der Waals surface area (Å²) in [5.41, 5.74) is 4.58. The van der Waals surface area contributed by atoms with Crippen LogP contribution in [0.1, 0.15) is 40.4 Å². The number of ether oxygens (including phenoxy) is 1. The second-order valence-corrected chi connectivity index (χ2v) is 7.48. The first-order chi connectivity index (χ1) is 13.3. The molecule has 0 bridgehead atoms. The molecule has 0 saturated carbocycles. The molecular weight excluding hydrogens is 354 g/mol. The van der Waals surface area contributed by atoms with E-state index >= 15 is 0 Å². The summed E-state index contributed by atoms with van der Waals surface area (Å²) in [4.78, 5) is 39.0. The van der Waals surface area contributed by atoms with Crippen molar-refractivity contribution in [1.29, 1.82) is 0 Å². The Labute approximate surface area is 165 Å². The average molecular weight is 379 g/mol. The van der Waals surface area contributed by atoms with E-state index in [4.69, 9.17) is 4.74 Å². The second kappa shape index (κ2) is 7.97. The zero-order valence-corrected chi connectivity index (χ0v) is 16.7. The van der Waals surface area contributed by atoms with Crippen molar-refractivity contribution >= 4 is 23.3 Å². The summed E-state index contributed by atoms with van der Waals surface area (Å²) in [6.45, 7) is 7.78. The minimum absolute atomic E-state index is 0.0944. The first kappa shape index (κ1) is 19.8. The van der Waals surface area contributed by atoms with Crippen LogP contribution in [-0.4, -0.2) is 30.3 Å². The Morgan fingerprint density at radius 3 is 2.36 bits per heavy atom. The molecule has 1 amide bonds. The van der Waals surface area contributed by atoms with Crippen molar-refractivity contribution in [1.82, 2.24) is 0 Å². The summed E-state index contributed by atoms with van der Waals surface area (Å²) in [6, 6.07) is 12.9. The molecule has 5 heteroatoms. The van der Waals surface area contributed by atoms with Gasteiger partial charge in [-0.25, -0.2) is 0 Å². The largest absolute Gasteiger partial charge is 0.454 e. The molecule has 0 radical (unpaired) electrons. The number of esters is 1. The molecule has 0 N–H and O–H groups in total. The molecule has 2 aromatic rings. The van der Waals surface area contributed by atoms with E-state index in [0.29, 0.717) is 5.56 Å². The van der Waals surface area contributed by atoms with Gasteiger partial charge in [-0.2, -0.15) is 0 Å². The lowest BCUT2D eigenvalue weighted by molar-refractivity contribution is -0.151. The highest BCUT2D eigenvalue weighted by atomic mass is 16.5. The molecule has 2 atom stereocenters. The number of amides is 1. The van der Waals surface area contributed by atoms with Gasteiger partial charge in [0.2, 0.25) is 11.7 Å². The number of carbonyl (C=O) groups is 3. The van der Waals surface area contributed by atoms with Crippen LogP contribution < -0.4 is 4.90 Å². The minimum Gasteiger partial charge on any atom is -0.454 e. The van der Waals surface area contributed by atoms with Crippen LogP contribution in [0.15, 0.2) is 42.5 Å². The van der Waals surface area contributed by atoms with Gasteiger partial charge in [0.05, 0.1) is 5.92 Å². The summed E-state index contributed by atoms with van der Waals surface area (Å²) in [7, 11) is 0. The fourth-order valence-corrected chi connectivity index (χ4v) is 3.29. The Hall–Kier alpha value is -2.95. The van der Waals surface area contributed by atoms with Gasteiger partial charge in [0, 0.05) is 24.2 Å². The third kappa shape index (κ3) is 4.14. The number of anilines is 1. The van der Waals surface area contributed by atoms with Crippen LogP contribution in [0.5, 0.6) is 0 Å². The molecule has 0 aliphatic carbocycles. The number of carbonyl (C=O) groups excluding carboxylic acids is 3. The van der Waals surface area contributed by atoms with Crippen molar-refractivity contribution in [3.8, 4) is 0 Å². The summed E-state index contributed by atoms with van der Waals surface area (Å²) >= 11 is 0. The van der Waals surface area contributed by atoms with Gasteiger partial charge in [-0.3, -0.25) is 14.4 Å². The van der Waals surface area contributed by atoms with Gasteiger partial charge in [0.25, 0.3) is 0 Å². The molecule has 5 nitrogen and oxygen atoms in total. The molecule has 1 heterocycles. The van der Waals surface area contributed by atoms with Gasteiger partial charge in [0.1, 0.15) is 0 Å². The number of hydrogen-bond acceptors (Lipinski definition) is 4. The second-order valence-electron chi connectivity index (χ2n) is 7.48. The Morgan fingerprint density at radius 1 is 1.04 bits per heavy atom. The molecule has 3 rings (SSSR count). The highest BCUT2D eigenvalue weighted by molar-refractivity contribution is 6.02. The van der Waals surface area contributed by atoms with E-state index in [1.54, 1.807) is 24.0 Å². The number of nitrogens with zero attached hydrogens (tertiary/aromatic N) is 1. The van der Waals surface area contributed by atoms with Crippen LogP contribution in [-0.2, 0) is 14.3 Å². The number of Topliss-reactive ketones (excluding diaryl/α,β-unsaturated/α-hetero) is 1. The lowest BCUT2D eigenvalue weighted by atomic mass is 10.1. The van der Waals surface area contributed by atoms with Crippen molar-refractivity contribution in [2.24, 2.45) is 5.92 Å². The molecule has 1 fully saturated rings. The van der Waals surface area contributed by atoms with E-state index < -0.39 is 18.0 Å². The number of hydrogen-bond donors (Lipinski definition) is 0. The molecule has 2 aromatic carbocycles. The third-order valence-electron chi connectivity index (χ3n) is 5.26. The Kier molecular flexibility index (Phi) is 5.63. The van der Waals surface area contributed by atoms with E-state index in [9.17, 15) is 14.4 Å². The zero-order chi connectivity index (χ0) is 20.4. The van der Waals surface area contributed by atoms with Crippen LogP contribution in [0.3, 0.4) is 0 Å². The van der Waals surface area contributed by atoms with Gasteiger partial charge < -0.3 is 9.64 Å². The summed E-state index contributed by atoms with van der Waals surface area (Å²) < 4.78 is 5.39. The molecule has 0 aromatic heterocycles. The number of rotatable bonds is 5. The summed E-state index contributed by atoms with van der Waals surface area (Å²) in [6.07, 6.45) is -0.794. The lowest BCUT2D eigenvalue weighted by Gasteiger charge is -2.18. The van der Waals surface area contributed by atoms with Gasteiger partial charge >= 0.3 is 5.97 Å². The number of benzene rings is 2. The van der Waals surface area contributed by atoms with E-state index in [1.807, 2.05) is 51.1 Å². The van der Waals surface area contributed by atoms with Crippen LogP contribution in [0.4, 0.5) is 5.69 Å². The van der Waals surface area contributed by atoms with Crippen LogP contribution in [0, 0.1) is 26.7 Å². The topological polar surface area (TPSA) is 63.7 Å². The molecule has 1 saturated heterocycles. The van der Waals surface area contributed by atoms with E-state index in [-0.39, 0.29) is 24.7 Å². The van der Waals surface area contributed by atoms with E-state index in [2.05, 4.69) is 0 Å². The van der Waals surface area contributed by atoms with Crippen LogP contribution >= 0.6 is 0 Å². The van der Waals surface area contributed by atoms with Gasteiger partial charge in [-0.15, -0.1) is 0 Å². The maximum atomic E-state index is 12.5. The molecule has 0 unspecified atom stereocenters. The normalized spacial score (nSPS) is 17.5. The highest BCUT2D eigenvalue weighted by Crippen LogP contribution is 2.28. The zero-order valence-electron chi connectivity index (χ0n) is 16.7. The fraction of sp³-hybridized carbons (Fsp3) is 0.348. The van der Waals surface area contributed by atoms with Crippen molar-refractivity contribution in [3.05, 3.63) is 64.7 Å². The highest BCUT2D eigenvalue weighted by Gasteiger charge is 2.37. The van der Waals surface area contributed by atoms with Gasteiger partial charge in [0.15, 0.2) is 6.10 Å². The fourth-order valence-electron chi connectivity index (χ4n) is 3.29. The first-order valence-corrected chi connectivity index (χ1v) is 9.45. The molecule has 0 spiro atoms. The van der Waals surface area contributed by atoms with Gasteiger partial charge in [-0.05, 0) is 51.0 Å². The summed E-state index contributed by atoms with van der Waals surface area (Å²) in [5.74, 6) is -1.43. The van der Waals surface area contributed by atoms with Crippen molar-refractivity contribution in [2.45, 2.75) is 40.2 Å². The van der Waals surface area contributed by atoms with Crippen molar-refractivity contribution < 1.29 is 19.1 Å². The maximum Gasteiger partial charge on any atom is 0.312 e. The number of ketones is 1. The standard InChI is InChI=1S/C23H25NO4/c1-14-5-8-18(9-6-14)22(26)17(4)28-23(27)19-12-21(25)24(13-19)20-10-7-15(2)16(3)11-20/h5-11,17,19H,12-13H2,1-4H3/t17-,19+/m0/s1. The smallest absolute Gasteiger partial charge is 0.312 e. The minimum atomic E-state index is -0.888. The quantitative estimate of drug-likeness (QED) is 0.586. The predicted octanol–water partition coefficient (Wildman–Crippen LogP) is 3.78. The lowest BCUT2D eigenvalue weighted by Crippen LogP contribution is -2.30. The first-order valence-electron chi connectivity index (χ1n) is 9.45. The average Bonchev–Trinajstić information content (AvgIpc) is 3.06. The van der Waals surface area contributed by atoms with Crippen molar-refractivity contribution in [3.63, 3.8) is 0 Å². The maximum absolute atomic E-state index is 12.5. The monoisotopic (exact) mass is 379 g/mol. The molecule has 146 valence electrons. The molecule has 28 heavy (non-hydrogen) atoms. The SMILES string of the molecule is Cc1ccc(C(=O)[C@H](C)OC(=O)[C@@H]2CC(=O)N(c3ccc(C)c(C)c3)C2)cc1. The predicted molar refractivity (Wildman–Crippen MR) is 107 cm³/mol. The third-order valence-corrected chi connectivity index (χ3v) is 5.26. The van der Waals surface area contributed by atoms with Crippen LogP contribution in [0.25, 0.3) is 0 Å². The Morgan fingerprint density at radius 2 is 1.71 bits per heavy atom. The Balaban J connectivity index is 1.64. The Bertz CT molecular complexity index is 917. The molecular formula is C23H25NO4. The number of aryl methyl sites for hydroxylation is 3. The van der Waals surface area contributed by atoms with Crippen LogP contribution in [0.2, 0.25) is 0 Å².